The fourth-order valence-corrected chi connectivity index (χ4v) is 3.57. The maximum Gasteiger partial charge on any atom is 0.0619 e. The van der Waals surface area contributed by atoms with Gasteiger partial charge in [0.1, 0.15) is 0 Å². The van der Waals surface area contributed by atoms with Crippen LogP contribution < -0.4 is 0 Å². The third-order valence-corrected chi connectivity index (χ3v) is 5.45. The third kappa shape index (κ3) is 1.99. The minimum Gasteiger partial charge on any atom is -0.392 e. The first kappa shape index (κ1) is 13.6. The average Bonchev–Trinajstić information content (AvgIpc) is 2.63. The van der Waals surface area contributed by atoms with E-state index in [9.17, 15) is 5.11 Å². The highest BCUT2D eigenvalue weighted by Crippen LogP contribution is 2.69. The number of aliphatic hydroxyl groups excluding tert-OH is 1. The fourth-order valence-electron chi connectivity index (χ4n) is 3.57. The normalized spacial score (nSPS) is 22.8. The summed E-state index contributed by atoms with van der Waals surface area (Å²) in [6.07, 6.45) is 0.556. The molecule has 0 amide bonds. The molecule has 1 N–H and O–H groups in total. The molecule has 0 radical (unpaired) electrons. The van der Waals surface area contributed by atoms with Crippen molar-refractivity contribution >= 4 is 0 Å². The van der Waals surface area contributed by atoms with Crippen LogP contribution in [-0.2, 0) is 6.42 Å². The van der Waals surface area contributed by atoms with E-state index in [-0.39, 0.29) is 16.9 Å². The van der Waals surface area contributed by atoms with E-state index in [1.54, 1.807) is 0 Å². The second-order valence-electron chi connectivity index (χ2n) is 7.12. The van der Waals surface area contributed by atoms with Crippen LogP contribution >= 0.6 is 0 Å². The number of benzene rings is 1. The van der Waals surface area contributed by atoms with Gasteiger partial charge in [0.15, 0.2) is 0 Å². The molecule has 1 fully saturated rings. The van der Waals surface area contributed by atoms with Crippen LogP contribution in [0.1, 0.15) is 44.4 Å². The Kier molecular flexibility index (Phi) is 3.09. The predicted molar refractivity (Wildman–Crippen MR) is 76.7 cm³/mol. The highest BCUT2D eigenvalue weighted by molar-refractivity contribution is 5.31. The van der Waals surface area contributed by atoms with Gasteiger partial charge in [-0.1, -0.05) is 51.5 Å². The molecule has 0 bridgehead atoms. The van der Waals surface area contributed by atoms with Gasteiger partial charge in [0, 0.05) is 0 Å². The van der Waals surface area contributed by atoms with Crippen molar-refractivity contribution in [2.45, 2.75) is 54.1 Å². The Morgan fingerprint density at radius 1 is 1.11 bits per heavy atom. The van der Waals surface area contributed by atoms with Gasteiger partial charge in [0.2, 0.25) is 0 Å². The topological polar surface area (TPSA) is 20.2 Å². The molecular weight excluding hydrogens is 220 g/mol. The highest BCUT2D eigenvalue weighted by Gasteiger charge is 2.66. The van der Waals surface area contributed by atoms with E-state index in [1.807, 2.05) is 0 Å². The minimum absolute atomic E-state index is 0.226. The Morgan fingerprint density at radius 2 is 1.67 bits per heavy atom. The lowest BCUT2D eigenvalue weighted by molar-refractivity contribution is 0.129. The summed E-state index contributed by atoms with van der Waals surface area (Å²) in [5.74, 6) is 0.407. The van der Waals surface area contributed by atoms with Crippen LogP contribution in [0.2, 0.25) is 0 Å². The van der Waals surface area contributed by atoms with Crippen molar-refractivity contribution in [2.75, 3.05) is 0 Å². The highest BCUT2D eigenvalue weighted by atomic mass is 16.3. The Morgan fingerprint density at radius 3 is 2.17 bits per heavy atom. The van der Waals surface area contributed by atoms with E-state index < -0.39 is 0 Å². The van der Waals surface area contributed by atoms with E-state index in [0.717, 1.165) is 6.42 Å². The summed E-state index contributed by atoms with van der Waals surface area (Å²) in [7, 11) is 0. The Hall–Kier alpha value is -0.820. The van der Waals surface area contributed by atoms with Gasteiger partial charge in [0.05, 0.1) is 6.10 Å². The first-order chi connectivity index (χ1) is 8.18. The monoisotopic (exact) mass is 246 g/mol. The second kappa shape index (κ2) is 4.09. The maximum atomic E-state index is 10.5. The van der Waals surface area contributed by atoms with Gasteiger partial charge < -0.3 is 5.11 Å². The van der Waals surface area contributed by atoms with Crippen molar-refractivity contribution in [1.29, 1.82) is 0 Å². The number of hydrogen-bond donors (Lipinski definition) is 1. The van der Waals surface area contributed by atoms with Crippen molar-refractivity contribution in [2.24, 2.45) is 16.7 Å². The number of hydrogen-bond acceptors (Lipinski definition) is 1. The summed E-state index contributed by atoms with van der Waals surface area (Å²) in [5, 5.41) is 10.5. The zero-order valence-electron chi connectivity index (χ0n) is 12.5. The molecule has 1 nitrogen and oxygen atoms in total. The SMILES string of the molecule is Cc1ccc(C)c(CC(O)C2C(C)(C)C2(C)C)c1. The molecule has 1 aromatic carbocycles. The molecule has 1 aliphatic carbocycles. The predicted octanol–water partition coefficient (Wildman–Crippen LogP) is 3.89. The molecule has 0 heterocycles. The smallest absolute Gasteiger partial charge is 0.0619 e. The number of rotatable bonds is 3. The van der Waals surface area contributed by atoms with E-state index in [2.05, 4.69) is 59.7 Å². The summed E-state index contributed by atoms with van der Waals surface area (Å²) in [5.41, 5.74) is 4.36. The molecule has 1 unspecified atom stereocenters. The van der Waals surface area contributed by atoms with E-state index in [0.29, 0.717) is 5.92 Å². The van der Waals surface area contributed by atoms with Crippen LogP contribution in [0.15, 0.2) is 18.2 Å². The van der Waals surface area contributed by atoms with Crippen molar-refractivity contribution in [3.8, 4) is 0 Å². The summed E-state index contributed by atoms with van der Waals surface area (Å²) in [4.78, 5) is 0. The first-order valence-electron chi connectivity index (χ1n) is 6.92. The standard InChI is InChI=1S/C17H26O/c1-11-7-8-12(2)13(9-11)10-14(18)15-16(3,4)17(15,5)6/h7-9,14-15,18H,10H2,1-6H3. The maximum absolute atomic E-state index is 10.5. The van der Waals surface area contributed by atoms with Crippen LogP contribution in [0.4, 0.5) is 0 Å². The van der Waals surface area contributed by atoms with Gasteiger partial charge in [-0.15, -0.1) is 0 Å². The minimum atomic E-state index is -0.226. The first-order valence-corrected chi connectivity index (χ1v) is 6.92. The van der Waals surface area contributed by atoms with Gasteiger partial charge >= 0.3 is 0 Å². The quantitative estimate of drug-likeness (QED) is 0.858. The van der Waals surface area contributed by atoms with Crippen molar-refractivity contribution in [3.05, 3.63) is 34.9 Å². The van der Waals surface area contributed by atoms with Gasteiger partial charge in [-0.2, -0.15) is 0 Å². The molecule has 1 atom stereocenters. The molecule has 1 aromatic rings. The molecule has 1 aliphatic rings. The largest absolute Gasteiger partial charge is 0.392 e. The van der Waals surface area contributed by atoms with Gasteiger partial charge in [0.25, 0.3) is 0 Å². The lowest BCUT2D eigenvalue weighted by Gasteiger charge is -2.15. The van der Waals surface area contributed by atoms with Gasteiger partial charge in [-0.3, -0.25) is 0 Å². The Balaban J connectivity index is 2.14. The van der Waals surface area contributed by atoms with Crippen LogP contribution in [0.3, 0.4) is 0 Å². The van der Waals surface area contributed by atoms with Crippen molar-refractivity contribution in [1.82, 2.24) is 0 Å². The van der Waals surface area contributed by atoms with Gasteiger partial charge in [-0.05, 0) is 48.1 Å². The molecule has 18 heavy (non-hydrogen) atoms. The molecule has 0 saturated heterocycles. The van der Waals surface area contributed by atoms with Crippen LogP contribution in [-0.4, -0.2) is 11.2 Å². The molecular formula is C17H26O. The summed E-state index contributed by atoms with van der Waals surface area (Å²) in [6.45, 7) is 13.3. The molecule has 1 heteroatoms. The molecule has 0 aromatic heterocycles. The molecule has 1 saturated carbocycles. The summed E-state index contributed by atoms with van der Waals surface area (Å²) >= 11 is 0. The van der Waals surface area contributed by atoms with Crippen LogP contribution in [0.5, 0.6) is 0 Å². The lowest BCUT2D eigenvalue weighted by Crippen LogP contribution is -2.18. The Labute approximate surface area is 111 Å². The fraction of sp³-hybridized carbons (Fsp3) is 0.647. The molecule has 100 valence electrons. The van der Waals surface area contributed by atoms with Crippen molar-refractivity contribution < 1.29 is 5.11 Å². The Bertz CT molecular complexity index is 443. The summed E-state index contributed by atoms with van der Waals surface area (Å²) < 4.78 is 0. The van der Waals surface area contributed by atoms with E-state index in [1.165, 1.54) is 16.7 Å². The lowest BCUT2D eigenvalue weighted by atomic mass is 9.95. The van der Waals surface area contributed by atoms with E-state index >= 15 is 0 Å². The third-order valence-electron chi connectivity index (χ3n) is 5.45. The average molecular weight is 246 g/mol. The second-order valence-corrected chi connectivity index (χ2v) is 7.12. The van der Waals surface area contributed by atoms with E-state index in [4.69, 9.17) is 0 Å². The van der Waals surface area contributed by atoms with Gasteiger partial charge in [-0.25, -0.2) is 0 Å². The number of aliphatic hydroxyl groups is 1. The van der Waals surface area contributed by atoms with Crippen LogP contribution in [0.25, 0.3) is 0 Å². The molecule has 2 rings (SSSR count). The zero-order valence-corrected chi connectivity index (χ0v) is 12.5. The zero-order chi connectivity index (χ0) is 13.7. The summed E-state index contributed by atoms with van der Waals surface area (Å²) in [6, 6.07) is 6.50. The molecule has 0 spiro atoms. The number of aryl methyl sites for hydroxylation is 2. The van der Waals surface area contributed by atoms with Crippen LogP contribution in [0, 0.1) is 30.6 Å². The molecule has 0 aliphatic heterocycles. The van der Waals surface area contributed by atoms with Crippen molar-refractivity contribution in [3.63, 3.8) is 0 Å².